The first-order valence-electron chi connectivity index (χ1n) is 9.31. The predicted molar refractivity (Wildman–Crippen MR) is 121 cm³/mol. The molecular weight excluding hydrogens is 474 g/mol. The molecule has 2 N–H and O–H groups in total. The van der Waals surface area contributed by atoms with Gasteiger partial charge >= 0.3 is 6.09 Å². The van der Waals surface area contributed by atoms with Crippen LogP contribution in [0.1, 0.15) is 52.1 Å². The van der Waals surface area contributed by atoms with Gasteiger partial charge in [0.05, 0.1) is 9.26 Å². The van der Waals surface area contributed by atoms with Gasteiger partial charge in [-0.1, -0.05) is 0 Å². The third kappa shape index (κ3) is 5.05. The van der Waals surface area contributed by atoms with Gasteiger partial charge in [0.1, 0.15) is 11.2 Å². The molecule has 0 radical (unpaired) electrons. The normalized spacial score (nSPS) is 20.5. The molecule has 27 heavy (non-hydrogen) atoms. The Morgan fingerprint density at radius 2 is 1.93 bits per heavy atom. The second-order valence-corrected chi connectivity index (χ2v) is 9.89. The molecule has 1 unspecified atom stereocenters. The first kappa shape index (κ1) is 20.6. The Kier molecular flexibility index (Phi) is 6.21. The molecule has 1 fully saturated rings. The number of fused-ring (bicyclic) bond motifs is 1. The predicted octanol–water partition coefficient (Wildman–Crippen LogP) is 4.84. The van der Waals surface area contributed by atoms with E-state index in [9.17, 15) is 4.79 Å². The summed E-state index contributed by atoms with van der Waals surface area (Å²) < 4.78 is 8.53. The lowest BCUT2D eigenvalue weighted by Crippen LogP contribution is -2.42. The summed E-state index contributed by atoms with van der Waals surface area (Å²) in [5.74, 6) is 0. The van der Waals surface area contributed by atoms with Crippen molar-refractivity contribution in [2.75, 3.05) is 5.32 Å². The van der Waals surface area contributed by atoms with Crippen molar-refractivity contribution in [2.45, 2.75) is 71.1 Å². The zero-order valence-corrected chi connectivity index (χ0v) is 19.6. The number of hydrogen-bond donors (Lipinski definition) is 2. The van der Waals surface area contributed by atoms with Crippen LogP contribution in [0, 0.1) is 10.5 Å². The first-order chi connectivity index (χ1) is 12.6. The number of halogens is 1. The largest absolute Gasteiger partial charge is 0.444 e. The lowest BCUT2D eigenvalue weighted by atomic mass is 9.91. The summed E-state index contributed by atoms with van der Waals surface area (Å²) >= 11 is 2.34. The Hall–Kier alpha value is -1.08. The van der Waals surface area contributed by atoms with E-state index in [1.54, 1.807) is 0 Å². The van der Waals surface area contributed by atoms with Crippen LogP contribution in [-0.2, 0) is 4.74 Å². The number of alkyl carbamates (subject to hydrolysis) is 1. The average Bonchev–Trinajstić information content (AvgIpc) is 2.85. The lowest BCUT2D eigenvalue weighted by molar-refractivity contribution is 0.0492. The summed E-state index contributed by atoms with van der Waals surface area (Å²) in [7, 11) is 2.72. The molecule has 0 aliphatic heterocycles. The summed E-state index contributed by atoms with van der Waals surface area (Å²) in [6, 6.07) is 2.76. The topological polar surface area (TPSA) is 68.2 Å². The number of rotatable bonds is 3. The summed E-state index contributed by atoms with van der Waals surface area (Å²) in [6.07, 6.45) is 5.53. The van der Waals surface area contributed by atoms with Crippen molar-refractivity contribution >= 4 is 54.8 Å². The third-order valence-electron chi connectivity index (χ3n) is 4.81. The fourth-order valence-corrected chi connectivity index (χ4v) is 4.34. The van der Waals surface area contributed by atoms with E-state index in [1.807, 2.05) is 31.3 Å². The minimum atomic E-state index is -0.460. The molecule has 1 atom stereocenters. The molecular formula is C19H28IN4O2P. The number of amides is 1. The molecule has 0 aromatic carbocycles. The number of nitrogens with zero attached hydrogens (tertiary/aromatic N) is 2. The van der Waals surface area contributed by atoms with Gasteiger partial charge in [-0.3, -0.25) is 0 Å². The highest BCUT2D eigenvalue weighted by molar-refractivity contribution is 14.1. The molecule has 0 saturated heterocycles. The highest BCUT2D eigenvalue weighted by Crippen LogP contribution is 2.33. The van der Waals surface area contributed by atoms with Gasteiger partial charge in [-0.15, -0.1) is 0 Å². The van der Waals surface area contributed by atoms with Crippen LogP contribution in [0.25, 0.3) is 11.0 Å². The molecule has 8 heteroatoms. The molecule has 1 aliphatic carbocycles. The number of aryl methyl sites for hydroxylation is 1. The number of pyridine rings is 1. The number of hydrogen-bond acceptors (Lipinski definition) is 4. The Morgan fingerprint density at radius 1 is 1.30 bits per heavy atom. The highest BCUT2D eigenvalue weighted by Gasteiger charge is 2.25. The van der Waals surface area contributed by atoms with Crippen molar-refractivity contribution in [1.82, 2.24) is 14.6 Å². The van der Waals surface area contributed by atoms with Gasteiger partial charge in [0.2, 0.25) is 0 Å². The Morgan fingerprint density at radius 3 is 2.56 bits per heavy atom. The summed E-state index contributed by atoms with van der Waals surface area (Å²) in [6.45, 7) is 7.73. The van der Waals surface area contributed by atoms with Crippen molar-refractivity contribution in [3.8, 4) is 0 Å². The molecule has 0 bridgehead atoms. The van der Waals surface area contributed by atoms with Gasteiger partial charge < -0.3 is 19.7 Å². The van der Waals surface area contributed by atoms with Crippen molar-refractivity contribution in [3.63, 3.8) is 0 Å². The van der Waals surface area contributed by atoms with E-state index in [4.69, 9.17) is 4.74 Å². The second kappa shape index (κ2) is 8.11. The van der Waals surface area contributed by atoms with E-state index in [-0.39, 0.29) is 12.1 Å². The molecule has 148 valence electrons. The van der Waals surface area contributed by atoms with E-state index in [1.165, 1.54) is 0 Å². The fourth-order valence-electron chi connectivity index (χ4n) is 3.47. The zero-order chi connectivity index (χ0) is 19.8. The van der Waals surface area contributed by atoms with Crippen LogP contribution in [0.3, 0.4) is 0 Å². The molecule has 6 nitrogen and oxygen atoms in total. The molecule has 2 aromatic rings. The number of aromatic nitrogens is 2. The van der Waals surface area contributed by atoms with Crippen molar-refractivity contribution in [1.29, 1.82) is 0 Å². The van der Waals surface area contributed by atoms with Gasteiger partial charge in [-0.2, -0.15) is 0 Å². The van der Waals surface area contributed by atoms with Crippen LogP contribution in [-0.4, -0.2) is 33.1 Å². The second-order valence-electron chi connectivity index (χ2n) is 8.21. The SMILES string of the molecule is Cc1cc2c(N[C@H]3CC[C@H](NC(=O)OC(C)(C)C)CC3)c(I)cnc2n1P. The van der Waals surface area contributed by atoms with Crippen molar-refractivity contribution in [2.24, 2.45) is 0 Å². The molecule has 2 aromatic heterocycles. The fraction of sp³-hybridized carbons (Fsp3) is 0.579. The third-order valence-corrected chi connectivity index (χ3v) is 6.28. The van der Waals surface area contributed by atoms with Crippen LogP contribution in [0.5, 0.6) is 0 Å². The minimum absolute atomic E-state index is 0.185. The molecule has 3 rings (SSSR count). The average molecular weight is 502 g/mol. The molecule has 0 spiro atoms. The number of nitrogens with one attached hydrogen (secondary N) is 2. The van der Waals surface area contributed by atoms with E-state index in [0.29, 0.717) is 6.04 Å². The molecule has 2 heterocycles. The van der Waals surface area contributed by atoms with Gasteiger partial charge in [0.25, 0.3) is 0 Å². The lowest BCUT2D eigenvalue weighted by Gasteiger charge is -2.31. The van der Waals surface area contributed by atoms with Crippen LogP contribution < -0.4 is 10.6 Å². The van der Waals surface area contributed by atoms with E-state index in [2.05, 4.69) is 60.6 Å². The Balaban J connectivity index is 1.62. The standard InChI is InChI=1S/C19H28IN4O2P/c1-11-9-14-16(15(20)10-21-17(14)24(11)27)22-12-5-7-13(8-6-12)23-18(25)26-19(2,3)4/h9-10,12-13H,5-8,27H2,1-4H3,(H,21,22)(H,23,25)/t12-,13-. The van der Waals surface area contributed by atoms with Crippen LogP contribution >= 0.6 is 32.0 Å². The summed E-state index contributed by atoms with van der Waals surface area (Å²) in [5.41, 5.74) is 2.84. The number of anilines is 1. The molecule has 1 saturated carbocycles. The minimum Gasteiger partial charge on any atom is -0.444 e. The maximum Gasteiger partial charge on any atom is 0.407 e. The van der Waals surface area contributed by atoms with Crippen LogP contribution in [0.4, 0.5) is 10.5 Å². The summed E-state index contributed by atoms with van der Waals surface area (Å²) in [4.78, 5) is 16.5. The van der Waals surface area contributed by atoms with E-state index >= 15 is 0 Å². The van der Waals surface area contributed by atoms with Crippen LogP contribution in [0.2, 0.25) is 0 Å². The molecule has 1 aliphatic rings. The Bertz CT molecular complexity index is 838. The van der Waals surface area contributed by atoms with Gasteiger partial charge in [-0.05, 0) is 91.4 Å². The quantitative estimate of drug-likeness (QED) is 0.466. The van der Waals surface area contributed by atoms with Gasteiger partial charge in [0.15, 0.2) is 0 Å². The van der Waals surface area contributed by atoms with Gasteiger partial charge in [0, 0.05) is 29.4 Å². The number of carbonyl (C=O) groups excluding carboxylic acids is 1. The smallest absolute Gasteiger partial charge is 0.407 e. The zero-order valence-electron chi connectivity index (χ0n) is 16.3. The monoisotopic (exact) mass is 502 g/mol. The highest BCUT2D eigenvalue weighted by atomic mass is 127. The van der Waals surface area contributed by atoms with Crippen molar-refractivity contribution < 1.29 is 9.53 Å². The van der Waals surface area contributed by atoms with E-state index in [0.717, 1.165) is 51.7 Å². The maximum atomic E-state index is 12.0. The van der Waals surface area contributed by atoms with Crippen molar-refractivity contribution in [3.05, 3.63) is 21.5 Å². The molecule has 1 amide bonds. The van der Waals surface area contributed by atoms with Gasteiger partial charge in [-0.25, -0.2) is 9.78 Å². The maximum absolute atomic E-state index is 12.0. The van der Waals surface area contributed by atoms with E-state index < -0.39 is 5.60 Å². The first-order valence-corrected chi connectivity index (χ1v) is 10.9. The van der Waals surface area contributed by atoms with Crippen LogP contribution in [0.15, 0.2) is 12.3 Å². The number of ether oxygens (including phenoxy) is 1. The Labute approximate surface area is 176 Å². The summed E-state index contributed by atoms with van der Waals surface area (Å²) in [5, 5.41) is 7.89. The number of carbonyl (C=O) groups is 1.